The Hall–Kier alpha value is -1.58. The molecule has 1 heterocycles. The summed E-state index contributed by atoms with van der Waals surface area (Å²) in [4.78, 5) is 11.4. The number of furan rings is 1. The molecule has 0 bridgehead atoms. The maximum atomic E-state index is 11.4. The molecule has 1 aromatic heterocycles. The quantitative estimate of drug-likeness (QED) is 0.728. The van der Waals surface area contributed by atoms with Crippen LogP contribution in [0.3, 0.4) is 0 Å². The zero-order valence-electron chi connectivity index (χ0n) is 7.82. The van der Waals surface area contributed by atoms with Crippen LogP contribution in [0.2, 0.25) is 0 Å². The Bertz CT molecular complexity index is 333. The summed E-state index contributed by atoms with van der Waals surface area (Å²) in [7, 11) is 0. The van der Waals surface area contributed by atoms with Gasteiger partial charge < -0.3 is 4.42 Å². The van der Waals surface area contributed by atoms with E-state index in [2.05, 4.69) is 10.5 Å². The van der Waals surface area contributed by atoms with Crippen LogP contribution in [0, 0.1) is 0 Å². The Kier molecular flexibility index (Phi) is 2.62. The highest BCUT2D eigenvalue weighted by atomic mass is 16.3. The number of carbonyl (C=O) groups is 1. The highest BCUT2D eigenvalue weighted by molar-refractivity contribution is 5.93. The molecule has 2 rings (SSSR count). The average molecular weight is 192 g/mol. The summed E-state index contributed by atoms with van der Waals surface area (Å²) < 4.78 is 4.93. The highest BCUT2D eigenvalue weighted by Gasteiger charge is 2.10. The lowest BCUT2D eigenvalue weighted by Crippen LogP contribution is -2.18. The van der Waals surface area contributed by atoms with Gasteiger partial charge in [-0.15, -0.1) is 0 Å². The zero-order valence-corrected chi connectivity index (χ0v) is 7.82. The van der Waals surface area contributed by atoms with E-state index in [1.165, 1.54) is 19.1 Å². The zero-order chi connectivity index (χ0) is 9.80. The van der Waals surface area contributed by atoms with Crippen molar-refractivity contribution >= 4 is 11.6 Å². The normalized spacial score (nSPS) is 15.6. The largest absolute Gasteiger partial charge is 0.459 e. The lowest BCUT2D eigenvalue weighted by molar-refractivity contribution is 0.0927. The minimum atomic E-state index is -0.283. The van der Waals surface area contributed by atoms with Crippen LogP contribution >= 0.6 is 0 Å². The number of hydrogen-bond acceptors (Lipinski definition) is 3. The molecule has 1 aromatic rings. The molecular weight excluding hydrogens is 180 g/mol. The second-order valence-corrected chi connectivity index (χ2v) is 3.30. The van der Waals surface area contributed by atoms with Gasteiger partial charge >= 0.3 is 5.91 Å². The smallest absolute Gasteiger partial charge is 0.307 e. The summed E-state index contributed by atoms with van der Waals surface area (Å²) in [6, 6.07) is 3.29. The van der Waals surface area contributed by atoms with Crippen molar-refractivity contribution in [2.24, 2.45) is 5.10 Å². The molecule has 1 N–H and O–H groups in total. The maximum Gasteiger partial charge on any atom is 0.307 e. The molecule has 4 nitrogen and oxygen atoms in total. The second kappa shape index (κ2) is 4.09. The number of carbonyl (C=O) groups excluding carboxylic acids is 1. The molecule has 0 aliphatic heterocycles. The third kappa shape index (κ3) is 2.02. The van der Waals surface area contributed by atoms with Gasteiger partial charge in [0, 0.05) is 5.71 Å². The van der Waals surface area contributed by atoms with Crippen LogP contribution < -0.4 is 5.43 Å². The predicted octanol–water partition coefficient (Wildman–Crippen LogP) is 1.94. The Balaban J connectivity index is 1.92. The van der Waals surface area contributed by atoms with Crippen molar-refractivity contribution in [3.05, 3.63) is 24.2 Å². The Morgan fingerprint density at radius 3 is 2.86 bits per heavy atom. The van der Waals surface area contributed by atoms with Crippen molar-refractivity contribution < 1.29 is 9.21 Å². The number of nitrogens with one attached hydrogen (secondary N) is 1. The molecule has 1 saturated carbocycles. The van der Waals surface area contributed by atoms with Gasteiger partial charge in [0.2, 0.25) is 0 Å². The molecule has 0 spiro atoms. The van der Waals surface area contributed by atoms with E-state index in [1.54, 1.807) is 12.1 Å². The van der Waals surface area contributed by atoms with Gasteiger partial charge in [0.15, 0.2) is 5.76 Å². The fourth-order valence-electron chi connectivity index (χ4n) is 1.49. The molecule has 0 unspecified atom stereocenters. The van der Waals surface area contributed by atoms with E-state index < -0.39 is 0 Å². The van der Waals surface area contributed by atoms with Gasteiger partial charge in [0.05, 0.1) is 6.26 Å². The Morgan fingerprint density at radius 1 is 1.43 bits per heavy atom. The minimum Gasteiger partial charge on any atom is -0.459 e. The lowest BCUT2D eigenvalue weighted by Gasteiger charge is -1.97. The summed E-state index contributed by atoms with van der Waals surface area (Å²) in [5.74, 6) is 0.0155. The first-order chi connectivity index (χ1) is 6.86. The fourth-order valence-corrected chi connectivity index (χ4v) is 1.49. The van der Waals surface area contributed by atoms with Crippen molar-refractivity contribution in [1.29, 1.82) is 0 Å². The van der Waals surface area contributed by atoms with E-state index in [4.69, 9.17) is 4.42 Å². The SMILES string of the molecule is O=C(NN=C1CCCC1)c1ccco1. The molecule has 74 valence electrons. The first-order valence-corrected chi connectivity index (χ1v) is 4.75. The van der Waals surface area contributed by atoms with Crippen molar-refractivity contribution in [1.82, 2.24) is 5.43 Å². The van der Waals surface area contributed by atoms with Gasteiger partial charge in [-0.25, -0.2) is 5.43 Å². The molecular formula is C10H12N2O2. The Morgan fingerprint density at radius 2 is 2.21 bits per heavy atom. The number of rotatable bonds is 2. The summed E-state index contributed by atoms with van der Waals surface area (Å²) in [5, 5.41) is 4.04. The van der Waals surface area contributed by atoms with Crippen LogP contribution in [0.5, 0.6) is 0 Å². The summed E-state index contributed by atoms with van der Waals surface area (Å²) >= 11 is 0. The lowest BCUT2D eigenvalue weighted by atomic mass is 10.3. The van der Waals surface area contributed by atoms with Crippen LogP contribution in [-0.4, -0.2) is 11.6 Å². The molecule has 1 amide bonds. The minimum absolute atomic E-state index is 0.283. The van der Waals surface area contributed by atoms with Gasteiger partial charge in [0.1, 0.15) is 0 Å². The van der Waals surface area contributed by atoms with E-state index in [9.17, 15) is 4.79 Å². The maximum absolute atomic E-state index is 11.4. The van der Waals surface area contributed by atoms with Crippen molar-refractivity contribution in [3.63, 3.8) is 0 Å². The van der Waals surface area contributed by atoms with Crippen LogP contribution in [0.4, 0.5) is 0 Å². The van der Waals surface area contributed by atoms with Crippen LogP contribution in [0.25, 0.3) is 0 Å². The highest BCUT2D eigenvalue weighted by Crippen LogP contribution is 2.13. The number of hydrazone groups is 1. The topological polar surface area (TPSA) is 54.6 Å². The molecule has 0 atom stereocenters. The molecule has 4 heteroatoms. The summed E-state index contributed by atoms with van der Waals surface area (Å²) in [6.07, 6.45) is 5.82. The van der Waals surface area contributed by atoms with E-state index in [-0.39, 0.29) is 5.91 Å². The summed E-state index contributed by atoms with van der Waals surface area (Å²) in [5.41, 5.74) is 3.56. The molecule has 1 fully saturated rings. The monoisotopic (exact) mass is 192 g/mol. The number of hydrogen-bond donors (Lipinski definition) is 1. The van der Waals surface area contributed by atoms with Gasteiger partial charge in [-0.2, -0.15) is 5.10 Å². The van der Waals surface area contributed by atoms with Gasteiger partial charge in [-0.1, -0.05) is 0 Å². The third-order valence-electron chi connectivity index (χ3n) is 2.24. The first kappa shape index (κ1) is 8.99. The van der Waals surface area contributed by atoms with E-state index in [1.807, 2.05) is 0 Å². The average Bonchev–Trinajstić information content (AvgIpc) is 2.87. The fraction of sp³-hybridized carbons (Fsp3) is 0.400. The van der Waals surface area contributed by atoms with Crippen LogP contribution in [0.1, 0.15) is 36.2 Å². The van der Waals surface area contributed by atoms with E-state index in [0.29, 0.717) is 5.76 Å². The van der Waals surface area contributed by atoms with E-state index in [0.717, 1.165) is 18.6 Å². The first-order valence-electron chi connectivity index (χ1n) is 4.75. The van der Waals surface area contributed by atoms with Crippen LogP contribution in [0.15, 0.2) is 27.9 Å². The molecule has 1 aliphatic rings. The van der Waals surface area contributed by atoms with Crippen molar-refractivity contribution in [2.45, 2.75) is 25.7 Å². The van der Waals surface area contributed by atoms with Gasteiger partial charge in [0.25, 0.3) is 0 Å². The molecule has 0 radical (unpaired) electrons. The summed E-state index contributed by atoms with van der Waals surface area (Å²) in [6.45, 7) is 0. The molecule has 1 aliphatic carbocycles. The van der Waals surface area contributed by atoms with E-state index >= 15 is 0 Å². The van der Waals surface area contributed by atoms with Crippen LogP contribution in [-0.2, 0) is 0 Å². The molecule has 14 heavy (non-hydrogen) atoms. The standard InChI is InChI=1S/C10H12N2O2/c13-10(9-6-3-7-14-9)12-11-8-4-1-2-5-8/h3,6-7H,1-2,4-5H2,(H,12,13). The second-order valence-electron chi connectivity index (χ2n) is 3.30. The van der Waals surface area contributed by atoms with Gasteiger partial charge in [-0.05, 0) is 37.8 Å². The van der Waals surface area contributed by atoms with Crippen molar-refractivity contribution in [2.75, 3.05) is 0 Å². The third-order valence-corrected chi connectivity index (χ3v) is 2.24. The van der Waals surface area contributed by atoms with Gasteiger partial charge in [-0.3, -0.25) is 4.79 Å². The number of nitrogens with zero attached hydrogens (tertiary/aromatic N) is 1. The Labute approximate surface area is 82.0 Å². The number of amides is 1. The van der Waals surface area contributed by atoms with Crippen molar-refractivity contribution in [3.8, 4) is 0 Å². The molecule has 0 saturated heterocycles. The molecule has 0 aromatic carbocycles. The predicted molar refractivity (Wildman–Crippen MR) is 52.1 cm³/mol.